The molecule has 2 N–H and O–H groups in total. The van der Waals surface area contributed by atoms with Crippen molar-refractivity contribution in [3.8, 4) is 5.75 Å². The van der Waals surface area contributed by atoms with Crippen molar-refractivity contribution in [2.75, 3.05) is 24.4 Å². The molecule has 0 fully saturated rings. The van der Waals surface area contributed by atoms with Crippen LogP contribution < -0.4 is 15.4 Å². The lowest BCUT2D eigenvalue weighted by Gasteiger charge is -2.06. The number of ether oxygens (including phenoxy) is 2. The van der Waals surface area contributed by atoms with Crippen molar-refractivity contribution in [1.29, 1.82) is 0 Å². The van der Waals surface area contributed by atoms with Gasteiger partial charge in [-0.25, -0.2) is 14.6 Å². The molecule has 0 saturated heterocycles. The zero-order valence-corrected chi connectivity index (χ0v) is 15.1. The monoisotopic (exact) mass is 371 g/mol. The van der Waals surface area contributed by atoms with E-state index in [0.717, 1.165) is 4.70 Å². The Morgan fingerprint density at radius 1 is 1.15 bits per heavy atom. The number of esters is 1. The second-order valence-corrected chi connectivity index (χ2v) is 6.26. The van der Waals surface area contributed by atoms with Crippen LogP contribution >= 0.6 is 11.3 Å². The van der Waals surface area contributed by atoms with Crippen molar-refractivity contribution < 1.29 is 19.1 Å². The minimum absolute atomic E-state index is 0.316. The Kier molecular flexibility index (Phi) is 5.33. The van der Waals surface area contributed by atoms with Gasteiger partial charge in [-0.15, -0.1) is 0 Å². The molecule has 1 heterocycles. The summed E-state index contributed by atoms with van der Waals surface area (Å²) in [6, 6.07) is 11.7. The Balaban J connectivity index is 1.71. The highest BCUT2D eigenvalue weighted by Gasteiger charge is 2.12. The van der Waals surface area contributed by atoms with E-state index < -0.39 is 6.03 Å². The van der Waals surface area contributed by atoms with Crippen molar-refractivity contribution in [1.82, 2.24) is 4.98 Å². The molecular formula is C18H17N3O4S. The van der Waals surface area contributed by atoms with Gasteiger partial charge in [-0.1, -0.05) is 17.4 Å². The Morgan fingerprint density at radius 2 is 2.00 bits per heavy atom. The number of carbonyl (C=O) groups is 2. The Labute approximate surface area is 154 Å². The summed E-state index contributed by atoms with van der Waals surface area (Å²) < 4.78 is 10.9. The van der Waals surface area contributed by atoms with Gasteiger partial charge in [0.15, 0.2) is 5.13 Å². The number of carbonyl (C=O) groups excluding carboxylic acids is 2. The number of hydrogen-bond donors (Lipinski definition) is 2. The lowest BCUT2D eigenvalue weighted by atomic mass is 10.2. The zero-order chi connectivity index (χ0) is 18.5. The van der Waals surface area contributed by atoms with Gasteiger partial charge in [0, 0.05) is 11.8 Å². The van der Waals surface area contributed by atoms with Gasteiger partial charge in [-0.05, 0) is 37.3 Å². The van der Waals surface area contributed by atoms with Crippen LogP contribution in [-0.2, 0) is 4.74 Å². The van der Waals surface area contributed by atoms with Gasteiger partial charge in [0.25, 0.3) is 0 Å². The number of hydrogen-bond acceptors (Lipinski definition) is 6. The first-order valence-corrected chi connectivity index (χ1v) is 8.70. The molecule has 7 nitrogen and oxygen atoms in total. The van der Waals surface area contributed by atoms with Gasteiger partial charge in [-0.2, -0.15) is 0 Å². The van der Waals surface area contributed by atoms with E-state index in [4.69, 9.17) is 9.47 Å². The molecule has 0 saturated carbocycles. The highest BCUT2D eigenvalue weighted by Crippen LogP contribution is 2.27. The number of methoxy groups -OCH3 is 1. The number of fused-ring (bicyclic) bond motifs is 1. The van der Waals surface area contributed by atoms with E-state index in [-0.39, 0.29) is 5.97 Å². The third kappa shape index (κ3) is 4.09. The van der Waals surface area contributed by atoms with Crippen molar-refractivity contribution in [2.45, 2.75) is 6.92 Å². The van der Waals surface area contributed by atoms with Crippen LogP contribution in [0.4, 0.5) is 15.6 Å². The molecule has 0 aliphatic carbocycles. The van der Waals surface area contributed by atoms with Gasteiger partial charge in [0.1, 0.15) is 5.75 Å². The second-order valence-electron chi connectivity index (χ2n) is 5.23. The van der Waals surface area contributed by atoms with Gasteiger partial charge < -0.3 is 14.8 Å². The van der Waals surface area contributed by atoms with Crippen LogP contribution in [0.15, 0.2) is 42.5 Å². The van der Waals surface area contributed by atoms with E-state index >= 15 is 0 Å². The molecule has 8 heteroatoms. The van der Waals surface area contributed by atoms with Crippen LogP contribution in [0.3, 0.4) is 0 Å². The van der Waals surface area contributed by atoms with Crippen LogP contribution in [0, 0.1) is 0 Å². The van der Waals surface area contributed by atoms with Gasteiger partial charge in [0.2, 0.25) is 0 Å². The molecule has 2 amide bonds. The van der Waals surface area contributed by atoms with E-state index in [1.54, 1.807) is 56.5 Å². The summed E-state index contributed by atoms with van der Waals surface area (Å²) >= 11 is 1.28. The lowest BCUT2D eigenvalue weighted by molar-refractivity contribution is 0.0526. The predicted octanol–water partition coefficient (Wildman–Crippen LogP) is 4.13. The zero-order valence-electron chi connectivity index (χ0n) is 14.2. The molecule has 2 aromatic carbocycles. The molecule has 0 unspecified atom stereocenters. The fourth-order valence-corrected chi connectivity index (χ4v) is 3.18. The first-order chi connectivity index (χ1) is 12.6. The molecule has 0 radical (unpaired) electrons. The van der Waals surface area contributed by atoms with Gasteiger partial charge >= 0.3 is 12.0 Å². The third-order valence-corrected chi connectivity index (χ3v) is 4.38. The van der Waals surface area contributed by atoms with Gasteiger partial charge in [-0.3, -0.25) is 5.32 Å². The molecule has 0 aliphatic rings. The molecule has 0 spiro atoms. The molecule has 1 aromatic heterocycles. The van der Waals surface area contributed by atoms with Crippen molar-refractivity contribution >= 4 is 44.4 Å². The quantitative estimate of drug-likeness (QED) is 0.658. The highest BCUT2D eigenvalue weighted by molar-refractivity contribution is 7.22. The summed E-state index contributed by atoms with van der Waals surface area (Å²) in [4.78, 5) is 28.3. The Hall–Kier alpha value is -3.13. The topological polar surface area (TPSA) is 89.5 Å². The molecule has 134 valence electrons. The number of rotatable bonds is 5. The molecule has 3 aromatic rings. The Bertz CT molecular complexity index is 955. The Morgan fingerprint density at radius 3 is 2.77 bits per heavy atom. The van der Waals surface area contributed by atoms with Crippen LogP contribution in [0.25, 0.3) is 10.2 Å². The van der Waals surface area contributed by atoms with E-state index in [9.17, 15) is 9.59 Å². The number of urea groups is 1. The average molecular weight is 371 g/mol. The summed E-state index contributed by atoms with van der Waals surface area (Å²) in [5.74, 6) is 0.266. The van der Waals surface area contributed by atoms with Crippen LogP contribution in [0.1, 0.15) is 17.3 Å². The second kappa shape index (κ2) is 7.83. The van der Waals surface area contributed by atoms with Crippen molar-refractivity contribution in [2.24, 2.45) is 0 Å². The summed E-state index contributed by atoms with van der Waals surface area (Å²) in [5.41, 5.74) is 1.75. The standard InChI is InChI=1S/C18H17N3O4S/c1-3-25-16(22)11-7-8-14-15(9-11)26-18(20-14)21-17(23)19-12-5-4-6-13(10-12)24-2/h4-10H,3H2,1-2H3,(H2,19,20,21,23). The summed E-state index contributed by atoms with van der Waals surface area (Å²) in [6.07, 6.45) is 0. The summed E-state index contributed by atoms with van der Waals surface area (Å²) in [6.45, 7) is 2.07. The number of nitrogens with zero attached hydrogens (tertiary/aromatic N) is 1. The number of thiazole rings is 1. The smallest absolute Gasteiger partial charge is 0.338 e. The molecule has 0 aliphatic heterocycles. The SMILES string of the molecule is CCOC(=O)c1ccc2nc(NC(=O)Nc3cccc(OC)c3)sc2c1. The highest BCUT2D eigenvalue weighted by atomic mass is 32.1. The number of nitrogens with one attached hydrogen (secondary N) is 2. The number of anilines is 2. The first-order valence-electron chi connectivity index (χ1n) is 7.89. The van der Waals surface area contributed by atoms with Crippen molar-refractivity contribution in [3.63, 3.8) is 0 Å². The minimum atomic E-state index is -0.414. The fraction of sp³-hybridized carbons (Fsp3) is 0.167. The normalized spacial score (nSPS) is 10.4. The van der Waals surface area contributed by atoms with E-state index in [2.05, 4.69) is 15.6 Å². The predicted molar refractivity (Wildman–Crippen MR) is 101 cm³/mol. The summed E-state index contributed by atoms with van der Waals surface area (Å²) in [7, 11) is 1.56. The lowest BCUT2D eigenvalue weighted by Crippen LogP contribution is -2.19. The number of benzene rings is 2. The van der Waals surface area contributed by atoms with Crippen LogP contribution in [0.2, 0.25) is 0 Å². The van der Waals surface area contributed by atoms with Crippen molar-refractivity contribution in [3.05, 3.63) is 48.0 Å². The molecule has 0 atom stereocenters. The maximum atomic E-state index is 12.1. The third-order valence-electron chi connectivity index (χ3n) is 3.45. The molecule has 3 rings (SSSR count). The van der Waals surface area contributed by atoms with E-state index in [1.807, 2.05) is 0 Å². The first kappa shape index (κ1) is 17.7. The average Bonchev–Trinajstić information content (AvgIpc) is 3.03. The molecule has 0 bridgehead atoms. The van der Waals surface area contributed by atoms with E-state index in [0.29, 0.717) is 34.3 Å². The van der Waals surface area contributed by atoms with Gasteiger partial charge in [0.05, 0.1) is 29.5 Å². The fourth-order valence-electron chi connectivity index (χ4n) is 2.28. The maximum Gasteiger partial charge on any atom is 0.338 e. The van der Waals surface area contributed by atoms with E-state index in [1.165, 1.54) is 11.3 Å². The molecular weight excluding hydrogens is 354 g/mol. The largest absolute Gasteiger partial charge is 0.497 e. The summed E-state index contributed by atoms with van der Waals surface area (Å²) in [5, 5.41) is 5.84. The molecule has 26 heavy (non-hydrogen) atoms. The van der Waals surface area contributed by atoms with Crippen LogP contribution in [-0.4, -0.2) is 30.7 Å². The number of aromatic nitrogens is 1. The maximum absolute atomic E-state index is 12.1. The minimum Gasteiger partial charge on any atom is -0.497 e. The number of amides is 2. The van der Waals surface area contributed by atoms with Crippen LogP contribution in [0.5, 0.6) is 5.75 Å².